The van der Waals surface area contributed by atoms with E-state index in [1.807, 2.05) is 41.5 Å². The molecule has 1 aliphatic rings. The first kappa shape index (κ1) is 22.9. The third kappa shape index (κ3) is 6.54. The molecule has 0 saturated carbocycles. The predicted molar refractivity (Wildman–Crippen MR) is 106 cm³/mol. The van der Waals surface area contributed by atoms with Gasteiger partial charge < -0.3 is 10.6 Å². The van der Waals surface area contributed by atoms with Gasteiger partial charge in [0.15, 0.2) is 0 Å². The van der Waals surface area contributed by atoms with Crippen LogP contribution in [0.25, 0.3) is 0 Å². The number of carbonyl (C=O) groups is 2. The molecule has 0 aromatic heterocycles. The van der Waals surface area contributed by atoms with Crippen molar-refractivity contribution in [3.63, 3.8) is 0 Å². The first-order valence-electron chi connectivity index (χ1n) is 10.00. The number of piperazine rings is 1. The quantitative estimate of drug-likeness (QED) is 0.756. The van der Waals surface area contributed by atoms with E-state index in [0.717, 1.165) is 39.0 Å². The van der Waals surface area contributed by atoms with E-state index in [0.29, 0.717) is 0 Å². The Bertz CT molecular complexity index is 427. The van der Waals surface area contributed by atoms with E-state index < -0.39 is 0 Å². The first-order chi connectivity index (χ1) is 11.9. The third-order valence-electron chi connectivity index (χ3n) is 4.96. The summed E-state index contributed by atoms with van der Waals surface area (Å²) < 4.78 is 0. The summed E-state index contributed by atoms with van der Waals surface area (Å²) in [5.41, 5.74) is -0.750. The maximum Gasteiger partial charge on any atom is 0.226 e. The number of nitrogens with one attached hydrogen (secondary N) is 2. The molecule has 0 radical (unpaired) electrons. The van der Waals surface area contributed by atoms with Crippen molar-refractivity contribution in [3.8, 4) is 0 Å². The van der Waals surface area contributed by atoms with Gasteiger partial charge in [0, 0.05) is 37.0 Å². The molecule has 2 N–H and O–H groups in total. The van der Waals surface area contributed by atoms with E-state index in [2.05, 4.69) is 34.3 Å². The minimum absolute atomic E-state index is 0.0770. The second-order valence-electron chi connectivity index (χ2n) is 9.37. The molecule has 0 aromatic rings. The Balaban J connectivity index is 2.61. The number of nitrogens with zero attached hydrogens (tertiary/aromatic N) is 2. The average Bonchev–Trinajstić information content (AvgIpc) is 2.55. The van der Waals surface area contributed by atoms with Gasteiger partial charge in [0.05, 0.1) is 12.3 Å². The zero-order valence-electron chi connectivity index (χ0n) is 18.1. The Morgan fingerprint density at radius 3 is 1.19 bits per heavy atom. The summed E-state index contributed by atoms with van der Waals surface area (Å²) in [7, 11) is 0. The minimum Gasteiger partial charge on any atom is -0.340 e. The van der Waals surface area contributed by atoms with Gasteiger partial charge in [-0.05, 0) is 12.8 Å². The molecule has 1 fully saturated rings. The Labute approximate surface area is 160 Å². The Morgan fingerprint density at radius 2 is 1.00 bits per heavy atom. The molecule has 152 valence electrons. The van der Waals surface area contributed by atoms with Crippen LogP contribution in [-0.4, -0.2) is 60.1 Å². The van der Waals surface area contributed by atoms with Crippen LogP contribution in [0.15, 0.2) is 0 Å². The van der Waals surface area contributed by atoms with Gasteiger partial charge in [-0.1, -0.05) is 55.4 Å². The van der Waals surface area contributed by atoms with E-state index in [4.69, 9.17) is 0 Å². The normalized spacial score (nSPS) is 19.7. The van der Waals surface area contributed by atoms with Gasteiger partial charge in [-0.2, -0.15) is 0 Å². The predicted octanol–water partition coefficient (Wildman–Crippen LogP) is 2.40. The summed E-state index contributed by atoms with van der Waals surface area (Å²) in [6.07, 6.45) is 1.93. The van der Waals surface area contributed by atoms with Gasteiger partial charge in [0.1, 0.15) is 0 Å². The van der Waals surface area contributed by atoms with Crippen LogP contribution in [0.4, 0.5) is 0 Å². The average molecular weight is 369 g/mol. The summed E-state index contributed by atoms with van der Waals surface area (Å²) in [5, 5.41) is 6.37. The van der Waals surface area contributed by atoms with E-state index >= 15 is 0 Å². The van der Waals surface area contributed by atoms with Crippen LogP contribution < -0.4 is 10.6 Å². The van der Waals surface area contributed by atoms with E-state index in [1.54, 1.807) is 0 Å². The lowest BCUT2D eigenvalue weighted by Crippen LogP contribution is -2.61. The van der Waals surface area contributed by atoms with Crippen molar-refractivity contribution in [2.45, 2.75) is 80.6 Å². The van der Waals surface area contributed by atoms with Gasteiger partial charge >= 0.3 is 0 Å². The highest BCUT2D eigenvalue weighted by atomic mass is 16.2. The lowest BCUT2D eigenvalue weighted by Gasteiger charge is -2.43. The maximum atomic E-state index is 12.3. The highest BCUT2D eigenvalue weighted by Crippen LogP contribution is 2.17. The summed E-state index contributed by atoms with van der Waals surface area (Å²) in [6, 6.07) is 0. The van der Waals surface area contributed by atoms with Crippen LogP contribution in [0.2, 0.25) is 0 Å². The standard InChI is InChI=1S/C20H40N4O2/c1-9-15(21-17(25)19(3,4)5)23-11-13-24(14-12-23)16(10-2)22-18(26)20(6,7)8/h15-16H,9-14H2,1-8H3,(H,21,25)(H,22,26). The van der Waals surface area contributed by atoms with Crippen molar-refractivity contribution in [2.75, 3.05) is 26.2 Å². The van der Waals surface area contributed by atoms with Crippen molar-refractivity contribution >= 4 is 11.8 Å². The molecule has 1 aliphatic heterocycles. The molecule has 1 saturated heterocycles. The molecule has 2 atom stereocenters. The van der Waals surface area contributed by atoms with Crippen LogP contribution in [-0.2, 0) is 9.59 Å². The lowest BCUT2D eigenvalue weighted by molar-refractivity contribution is -0.132. The van der Waals surface area contributed by atoms with E-state index in [-0.39, 0.29) is 35.0 Å². The van der Waals surface area contributed by atoms with Crippen molar-refractivity contribution in [1.82, 2.24) is 20.4 Å². The molecular weight excluding hydrogens is 328 g/mol. The molecule has 26 heavy (non-hydrogen) atoms. The van der Waals surface area contributed by atoms with Gasteiger partial charge in [-0.25, -0.2) is 0 Å². The number of hydrogen-bond acceptors (Lipinski definition) is 4. The molecule has 2 unspecified atom stereocenters. The molecule has 0 spiro atoms. The Hall–Kier alpha value is -1.14. The second kappa shape index (κ2) is 9.18. The molecule has 6 heteroatoms. The Kier molecular flexibility index (Phi) is 8.08. The minimum atomic E-state index is -0.375. The van der Waals surface area contributed by atoms with Crippen LogP contribution in [0.1, 0.15) is 68.2 Å². The number of amides is 2. The van der Waals surface area contributed by atoms with Gasteiger partial charge in [-0.15, -0.1) is 0 Å². The summed E-state index contributed by atoms with van der Waals surface area (Å²) >= 11 is 0. The van der Waals surface area contributed by atoms with Gasteiger partial charge in [0.25, 0.3) is 0 Å². The topological polar surface area (TPSA) is 64.7 Å². The van der Waals surface area contributed by atoms with Crippen molar-refractivity contribution in [2.24, 2.45) is 10.8 Å². The molecule has 6 nitrogen and oxygen atoms in total. The SMILES string of the molecule is CCC(NC(=O)C(C)(C)C)N1CCN(C(CC)NC(=O)C(C)(C)C)CC1. The fourth-order valence-corrected chi connectivity index (χ4v) is 3.00. The Morgan fingerprint density at radius 1 is 0.731 bits per heavy atom. The molecule has 0 aromatic carbocycles. The smallest absolute Gasteiger partial charge is 0.226 e. The third-order valence-corrected chi connectivity index (χ3v) is 4.96. The number of hydrogen-bond donors (Lipinski definition) is 2. The molecule has 2 amide bonds. The molecule has 1 heterocycles. The number of rotatable bonds is 6. The van der Waals surface area contributed by atoms with Crippen LogP contribution >= 0.6 is 0 Å². The zero-order valence-corrected chi connectivity index (χ0v) is 18.1. The highest BCUT2D eigenvalue weighted by molar-refractivity contribution is 5.82. The molecule has 1 rings (SSSR count). The maximum absolute atomic E-state index is 12.3. The lowest BCUT2D eigenvalue weighted by atomic mass is 9.95. The molecular formula is C20H40N4O2. The highest BCUT2D eigenvalue weighted by Gasteiger charge is 2.31. The van der Waals surface area contributed by atoms with E-state index in [1.165, 1.54) is 0 Å². The second-order valence-corrected chi connectivity index (χ2v) is 9.37. The van der Waals surface area contributed by atoms with Crippen LogP contribution in [0.3, 0.4) is 0 Å². The monoisotopic (exact) mass is 368 g/mol. The van der Waals surface area contributed by atoms with Gasteiger partial charge in [0.2, 0.25) is 11.8 Å². The van der Waals surface area contributed by atoms with Crippen molar-refractivity contribution < 1.29 is 9.59 Å². The fraction of sp³-hybridized carbons (Fsp3) is 0.900. The summed E-state index contributed by atoms with van der Waals surface area (Å²) in [6.45, 7) is 19.4. The largest absolute Gasteiger partial charge is 0.340 e. The molecule has 0 aliphatic carbocycles. The zero-order chi connectivity index (χ0) is 20.1. The van der Waals surface area contributed by atoms with Crippen molar-refractivity contribution in [3.05, 3.63) is 0 Å². The fourth-order valence-electron chi connectivity index (χ4n) is 3.00. The van der Waals surface area contributed by atoms with Crippen molar-refractivity contribution in [1.29, 1.82) is 0 Å². The van der Waals surface area contributed by atoms with Gasteiger partial charge in [-0.3, -0.25) is 19.4 Å². The number of carbonyl (C=O) groups excluding carboxylic acids is 2. The first-order valence-corrected chi connectivity index (χ1v) is 10.00. The van der Waals surface area contributed by atoms with E-state index in [9.17, 15) is 9.59 Å². The molecule has 0 bridgehead atoms. The van der Waals surface area contributed by atoms with Crippen LogP contribution in [0.5, 0.6) is 0 Å². The summed E-state index contributed by atoms with van der Waals surface area (Å²) in [4.78, 5) is 29.3. The van der Waals surface area contributed by atoms with Crippen LogP contribution in [0, 0.1) is 10.8 Å². The summed E-state index contributed by atoms with van der Waals surface area (Å²) in [5.74, 6) is 0.186.